The second-order valence-electron chi connectivity index (χ2n) is 8.11. The Hall–Kier alpha value is -3.26. The number of aliphatic carboxylic acids is 3. The Kier molecular flexibility index (Phi) is 14.1. The maximum Gasteiger partial charge on any atom is 0.326 e. The predicted octanol–water partition coefficient (Wildman–Crippen LogP) is -2.02. The average Bonchev–Trinajstić information content (AvgIpc) is 2.73. The van der Waals surface area contributed by atoms with Gasteiger partial charge in [-0.05, 0) is 31.7 Å². The number of unbranched alkanes of at least 4 members (excludes halogenated alkanes) is 1. The lowest BCUT2D eigenvalue weighted by Gasteiger charge is -2.26. The largest absolute Gasteiger partial charge is 0.481 e. The van der Waals surface area contributed by atoms with Gasteiger partial charge in [-0.1, -0.05) is 20.3 Å². The van der Waals surface area contributed by atoms with Gasteiger partial charge in [0.25, 0.3) is 0 Å². The molecule has 0 aromatic heterocycles. The summed E-state index contributed by atoms with van der Waals surface area (Å²) in [5.74, 6) is -7.29. The fraction of sp³-hybridized carbons (Fsp3) is 0.700. The molecule has 0 fully saturated rings. The maximum atomic E-state index is 12.8. The van der Waals surface area contributed by atoms with E-state index in [1.165, 1.54) is 0 Å². The van der Waals surface area contributed by atoms with Crippen molar-refractivity contribution in [3.8, 4) is 0 Å². The van der Waals surface area contributed by atoms with Crippen LogP contribution in [0.1, 0.15) is 52.4 Å². The first-order valence-electron chi connectivity index (χ1n) is 10.8. The van der Waals surface area contributed by atoms with Crippen LogP contribution >= 0.6 is 0 Å². The molecule has 0 aliphatic rings. The molecule has 4 unspecified atom stereocenters. The summed E-state index contributed by atoms with van der Waals surface area (Å²) in [7, 11) is 0. The van der Waals surface area contributed by atoms with Gasteiger partial charge in [0, 0.05) is 6.42 Å². The van der Waals surface area contributed by atoms with Crippen molar-refractivity contribution in [1.82, 2.24) is 16.0 Å². The third kappa shape index (κ3) is 12.1. The summed E-state index contributed by atoms with van der Waals surface area (Å²) in [6.45, 7) is 3.53. The molecule has 0 bridgehead atoms. The van der Waals surface area contributed by atoms with Gasteiger partial charge in [-0.15, -0.1) is 0 Å². The normalized spacial score (nSPS) is 14.4. The standard InChI is InChI=1S/C20H35N5O9/c1-10(2)16(19(32)24-13(20(33)34)9-15(28)29)25-18(31)12(6-7-14(26)27)23-17(30)11(22)5-3-4-8-21/h10-13,16H,3-9,21-22H2,1-2H3,(H,23,30)(H,24,32)(H,25,31)(H,26,27)(H,28,29)(H,33,34). The van der Waals surface area contributed by atoms with E-state index in [9.17, 15) is 28.8 Å². The predicted molar refractivity (Wildman–Crippen MR) is 118 cm³/mol. The second kappa shape index (κ2) is 15.6. The molecule has 14 heteroatoms. The van der Waals surface area contributed by atoms with Crippen molar-refractivity contribution in [3.63, 3.8) is 0 Å². The van der Waals surface area contributed by atoms with E-state index < -0.39 is 78.6 Å². The van der Waals surface area contributed by atoms with Crippen LogP contribution in [0.3, 0.4) is 0 Å². The molecule has 0 saturated heterocycles. The van der Waals surface area contributed by atoms with Gasteiger partial charge in [-0.25, -0.2) is 4.79 Å². The first-order valence-corrected chi connectivity index (χ1v) is 10.8. The summed E-state index contributed by atoms with van der Waals surface area (Å²) in [5.41, 5.74) is 11.2. The molecule has 194 valence electrons. The lowest BCUT2D eigenvalue weighted by atomic mass is 10.0. The lowest BCUT2D eigenvalue weighted by molar-refractivity contribution is -0.147. The Morgan fingerprint density at radius 1 is 0.765 bits per heavy atom. The molecule has 0 spiro atoms. The Labute approximate surface area is 196 Å². The van der Waals surface area contributed by atoms with E-state index >= 15 is 0 Å². The third-order valence-electron chi connectivity index (χ3n) is 4.83. The number of nitrogens with two attached hydrogens (primary N) is 2. The zero-order valence-electron chi connectivity index (χ0n) is 19.3. The summed E-state index contributed by atoms with van der Waals surface area (Å²) in [6.07, 6.45) is -0.0979. The van der Waals surface area contributed by atoms with Gasteiger partial charge in [0.05, 0.1) is 12.5 Å². The zero-order chi connectivity index (χ0) is 26.4. The third-order valence-corrected chi connectivity index (χ3v) is 4.83. The van der Waals surface area contributed by atoms with Crippen molar-refractivity contribution < 1.29 is 44.1 Å². The summed E-state index contributed by atoms with van der Waals surface area (Å²) in [5, 5.41) is 33.7. The molecule has 0 aromatic carbocycles. The molecule has 0 saturated carbocycles. The highest BCUT2D eigenvalue weighted by atomic mass is 16.4. The minimum Gasteiger partial charge on any atom is -0.481 e. The van der Waals surface area contributed by atoms with Gasteiger partial charge in [0.2, 0.25) is 17.7 Å². The number of carbonyl (C=O) groups excluding carboxylic acids is 3. The quantitative estimate of drug-likeness (QED) is 0.103. The topological polar surface area (TPSA) is 251 Å². The number of amides is 3. The fourth-order valence-electron chi connectivity index (χ4n) is 2.88. The summed E-state index contributed by atoms with van der Waals surface area (Å²) in [6, 6.07) is -5.29. The van der Waals surface area contributed by atoms with Gasteiger partial charge in [0.1, 0.15) is 18.1 Å². The molecular formula is C20H35N5O9. The van der Waals surface area contributed by atoms with Crippen LogP contribution in [0.15, 0.2) is 0 Å². The molecule has 34 heavy (non-hydrogen) atoms. The van der Waals surface area contributed by atoms with Gasteiger partial charge in [-0.3, -0.25) is 24.0 Å². The molecule has 0 aromatic rings. The smallest absolute Gasteiger partial charge is 0.326 e. The Balaban J connectivity index is 5.43. The minimum atomic E-state index is -1.72. The first kappa shape index (κ1) is 30.7. The second-order valence-corrected chi connectivity index (χ2v) is 8.11. The van der Waals surface area contributed by atoms with E-state index in [2.05, 4.69) is 16.0 Å². The Morgan fingerprint density at radius 3 is 1.82 bits per heavy atom. The van der Waals surface area contributed by atoms with Crippen LogP contribution in [-0.4, -0.2) is 81.7 Å². The molecule has 0 rings (SSSR count). The first-order chi connectivity index (χ1) is 15.8. The summed E-state index contributed by atoms with van der Waals surface area (Å²) >= 11 is 0. The van der Waals surface area contributed by atoms with Gasteiger partial charge < -0.3 is 42.7 Å². The van der Waals surface area contributed by atoms with Crippen LogP contribution in [0.5, 0.6) is 0 Å². The molecule has 4 atom stereocenters. The zero-order valence-corrected chi connectivity index (χ0v) is 19.3. The number of carbonyl (C=O) groups is 6. The maximum absolute atomic E-state index is 12.8. The number of hydrogen-bond acceptors (Lipinski definition) is 8. The van der Waals surface area contributed by atoms with Crippen molar-refractivity contribution in [2.75, 3.05) is 6.54 Å². The van der Waals surface area contributed by atoms with Crippen molar-refractivity contribution >= 4 is 35.6 Å². The Bertz CT molecular complexity index is 744. The minimum absolute atomic E-state index is 0.286. The SMILES string of the molecule is CC(C)C(NC(=O)C(CCC(=O)O)NC(=O)C(N)CCCCN)C(=O)NC(CC(=O)O)C(=O)O. The molecule has 0 aliphatic carbocycles. The number of rotatable bonds is 17. The highest BCUT2D eigenvalue weighted by Crippen LogP contribution is 2.07. The molecule has 3 amide bonds. The molecule has 0 heterocycles. The van der Waals surface area contributed by atoms with Crippen molar-refractivity contribution in [1.29, 1.82) is 0 Å². The number of hydrogen-bond donors (Lipinski definition) is 8. The monoisotopic (exact) mass is 489 g/mol. The Morgan fingerprint density at radius 2 is 1.35 bits per heavy atom. The number of carboxylic acid groups (broad SMARTS) is 3. The molecular weight excluding hydrogens is 454 g/mol. The highest BCUT2D eigenvalue weighted by molar-refractivity contribution is 5.94. The molecule has 0 aliphatic heterocycles. The lowest BCUT2D eigenvalue weighted by Crippen LogP contribution is -2.58. The van der Waals surface area contributed by atoms with Gasteiger partial charge in [-0.2, -0.15) is 0 Å². The van der Waals surface area contributed by atoms with Gasteiger partial charge in [0.15, 0.2) is 0 Å². The molecule has 10 N–H and O–H groups in total. The fourth-order valence-corrected chi connectivity index (χ4v) is 2.88. The van der Waals surface area contributed by atoms with Gasteiger partial charge >= 0.3 is 17.9 Å². The molecule has 0 radical (unpaired) electrons. The molecule has 14 nitrogen and oxygen atoms in total. The van der Waals surface area contributed by atoms with Crippen LogP contribution in [0.25, 0.3) is 0 Å². The van der Waals surface area contributed by atoms with E-state index in [0.717, 1.165) is 0 Å². The number of nitrogens with one attached hydrogen (secondary N) is 3. The van der Waals surface area contributed by atoms with E-state index in [1.54, 1.807) is 13.8 Å². The van der Waals surface area contributed by atoms with E-state index in [0.29, 0.717) is 25.8 Å². The van der Waals surface area contributed by atoms with Crippen LogP contribution in [-0.2, 0) is 28.8 Å². The number of carboxylic acids is 3. The van der Waals surface area contributed by atoms with Crippen molar-refractivity contribution in [2.45, 2.75) is 76.5 Å². The van der Waals surface area contributed by atoms with E-state index in [1.807, 2.05) is 0 Å². The van der Waals surface area contributed by atoms with E-state index in [-0.39, 0.29) is 6.42 Å². The van der Waals surface area contributed by atoms with Crippen molar-refractivity contribution in [2.24, 2.45) is 17.4 Å². The summed E-state index contributed by atoms with van der Waals surface area (Å²) < 4.78 is 0. The average molecular weight is 490 g/mol. The van der Waals surface area contributed by atoms with Crippen LogP contribution in [0.2, 0.25) is 0 Å². The van der Waals surface area contributed by atoms with Crippen LogP contribution in [0.4, 0.5) is 0 Å². The highest BCUT2D eigenvalue weighted by Gasteiger charge is 2.32. The van der Waals surface area contributed by atoms with E-state index in [4.69, 9.17) is 26.8 Å². The van der Waals surface area contributed by atoms with Crippen molar-refractivity contribution in [3.05, 3.63) is 0 Å². The van der Waals surface area contributed by atoms with Crippen LogP contribution in [0, 0.1) is 5.92 Å². The summed E-state index contributed by atoms with van der Waals surface area (Å²) in [4.78, 5) is 70.9. The van der Waals surface area contributed by atoms with Crippen LogP contribution < -0.4 is 27.4 Å².